The molecule has 0 spiro atoms. The van der Waals surface area contributed by atoms with E-state index in [4.69, 9.17) is 0 Å². The van der Waals surface area contributed by atoms with Crippen LogP contribution in [0.5, 0.6) is 0 Å². The van der Waals surface area contributed by atoms with E-state index in [1.54, 1.807) is 0 Å². The number of alkyl halides is 5. The van der Waals surface area contributed by atoms with Crippen LogP contribution < -0.4 is 0 Å². The van der Waals surface area contributed by atoms with Crippen LogP contribution in [0.4, 0.5) is 35.1 Å². The Morgan fingerprint density at radius 1 is 1.06 bits per heavy atom. The number of hydrogen-bond donors (Lipinski definition) is 0. The van der Waals surface area contributed by atoms with Crippen molar-refractivity contribution in [2.45, 2.75) is 12.0 Å². The van der Waals surface area contributed by atoms with E-state index >= 15 is 0 Å². The molecule has 0 saturated carbocycles. The van der Waals surface area contributed by atoms with Crippen molar-refractivity contribution >= 4 is 0 Å². The van der Waals surface area contributed by atoms with Gasteiger partial charge in [0.2, 0.25) is 5.83 Å². The lowest BCUT2D eigenvalue weighted by atomic mass is 10.3. The van der Waals surface area contributed by atoms with Crippen LogP contribution in [0.2, 0.25) is 0 Å². The summed E-state index contributed by atoms with van der Waals surface area (Å²) in [6.07, 6.45) is -7.69. The van der Waals surface area contributed by atoms with Crippen molar-refractivity contribution in [1.29, 1.82) is 0 Å². The highest BCUT2D eigenvalue weighted by Crippen LogP contribution is 2.35. The molecule has 0 aromatic carbocycles. The zero-order valence-corrected chi connectivity index (χ0v) is 7.14. The lowest BCUT2D eigenvalue weighted by molar-refractivity contribution is -0.324. The summed E-state index contributed by atoms with van der Waals surface area (Å²) in [6.45, 7) is -2.75. The summed E-state index contributed by atoms with van der Waals surface area (Å²) in [4.78, 5) is 0. The van der Waals surface area contributed by atoms with Gasteiger partial charge in [-0.3, -0.25) is 0 Å². The smallest absolute Gasteiger partial charge is 0.374 e. The van der Waals surface area contributed by atoms with E-state index in [1.807, 2.05) is 0 Å². The summed E-state index contributed by atoms with van der Waals surface area (Å²) in [5.41, 5.74) is 0. The van der Waals surface area contributed by atoms with Gasteiger partial charge in [0.05, 0.1) is 0 Å². The van der Waals surface area contributed by atoms with Gasteiger partial charge in [0.1, 0.15) is 6.11 Å². The molecule has 0 aromatic heterocycles. The van der Waals surface area contributed by atoms with Crippen molar-refractivity contribution in [2.75, 3.05) is 6.67 Å². The fraction of sp³-hybridized carbons (Fsp3) is 0.429. The summed E-state index contributed by atoms with van der Waals surface area (Å²) in [5, 5.41) is 0. The number of ether oxygens (including phenoxy) is 1. The SMILES string of the molecule is FCC(F)(F)C(F)(F)OC#CC(F)=C(F)F. The zero-order valence-electron chi connectivity index (χ0n) is 7.14. The maximum Gasteiger partial charge on any atom is 0.475 e. The van der Waals surface area contributed by atoms with E-state index in [9.17, 15) is 35.1 Å². The molecule has 1 nitrogen and oxygen atoms in total. The predicted molar refractivity (Wildman–Crippen MR) is 35.1 cm³/mol. The molecule has 92 valence electrons. The highest BCUT2D eigenvalue weighted by molar-refractivity contribution is 5.20. The van der Waals surface area contributed by atoms with Gasteiger partial charge in [-0.05, 0) is 0 Å². The number of allylic oxidation sites excluding steroid dienone is 1. The standard InChI is InChI=1S/C7H2F8O/c8-3-6(12,13)7(14,15)16-2-1-4(9)5(10)11/h3H2. The molecule has 0 unspecified atom stereocenters. The molecular formula is C7H2F8O. The van der Waals surface area contributed by atoms with Crippen LogP contribution in [-0.4, -0.2) is 18.7 Å². The van der Waals surface area contributed by atoms with Crippen LogP contribution in [0.1, 0.15) is 0 Å². The van der Waals surface area contributed by atoms with Crippen LogP contribution in [0, 0.1) is 12.0 Å². The van der Waals surface area contributed by atoms with E-state index in [1.165, 1.54) is 0 Å². The highest BCUT2D eigenvalue weighted by atomic mass is 19.3. The number of hydrogen-bond acceptors (Lipinski definition) is 1. The Morgan fingerprint density at radius 2 is 1.56 bits per heavy atom. The summed E-state index contributed by atoms with van der Waals surface area (Å²) in [6, 6.07) is 0. The zero-order chi connectivity index (χ0) is 13.0. The Bertz CT molecular complexity index is 332. The molecular weight excluding hydrogens is 252 g/mol. The van der Waals surface area contributed by atoms with Crippen molar-refractivity contribution in [3.63, 3.8) is 0 Å². The first-order valence-corrected chi connectivity index (χ1v) is 3.35. The van der Waals surface area contributed by atoms with Crippen molar-refractivity contribution < 1.29 is 39.9 Å². The monoisotopic (exact) mass is 254 g/mol. The second-order valence-corrected chi connectivity index (χ2v) is 2.26. The first-order chi connectivity index (χ1) is 7.14. The van der Waals surface area contributed by atoms with E-state index in [0.29, 0.717) is 12.0 Å². The topological polar surface area (TPSA) is 9.23 Å². The lowest BCUT2D eigenvalue weighted by Crippen LogP contribution is -2.43. The Hall–Kier alpha value is -1.46. The fourth-order valence-corrected chi connectivity index (χ4v) is 0.334. The molecule has 0 fully saturated rings. The van der Waals surface area contributed by atoms with Crippen LogP contribution in [0.3, 0.4) is 0 Å². The molecule has 16 heavy (non-hydrogen) atoms. The van der Waals surface area contributed by atoms with Crippen molar-refractivity contribution in [2.24, 2.45) is 0 Å². The maximum atomic E-state index is 12.2. The molecule has 0 N–H and O–H groups in total. The Balaban J connectivity index is 4.70. The van der Waals surface area contributed by atoms with Gasteiger partial charge >= 0.3 is 18.1 Å². The third kappa shape index (κ3) is 3.60. The fourth-order valence-electron chi connectivity index (χ4n) is 0.334. The van der Waals surface area contributed by atoms with Crippen molar-refractivity contribution in [3.8, 4) is 12.0 Å². The minimum absolute atomic E-state index is 0.588. The molecule has 9 heteroatoms. The van der Waals surface area contributed by atoms with E-state index in [0.717, 1.165) is 0 Å². The second-order valence-electron chi connectivity index (χ2n) is 2.26. The molecule has 0 aliphatic heterocycles. The van der Waals surface area contributed by atoms with Gasteiger partial charge in [0, 0.05) is 5.92 Å². The first kappa shape index (κ1) is 14.5. The second kappa shape index (κ2) is 5.05. The first-order valence-electron chi connectivity index (χ1n) is 3.35. The van der Waals surface area contributed by atoms with Crippen LogP contribution in [0.25, 0.3) is 0 Å². The largest absolute Gasteiger partial charge is 0.475 e. The Kier molecular flexibility index (Phi) is 4.59. The van der Waals surface area contributed by atoms with Crippen LogP contribution in [0.15, 0.2) is 11.9 Å². The summed E-state index contributed by atoms with van der Waals surface area (Å²) < 4.78 is 97.2. The molecule has 0 radical (unpaired) electrons. The Labute approximate surface area is 83.7 Å². The Morgan fingerprint density at radius 3 is 1.94 bits per heavy atom. The minimum Gasteiger partial charge on any atom is -0.374 e. The molecule has 0 atom stereocenters. The quantitative estimate of drug-likeness (QED) is 0.555. The normalized spacial score (nSPS) is 11.5. The highest BCUT2D eigenvalue weighted by Gasteiger charge is 2.59. The van der Waals surface area contributed by atoms with Crippen LogP contribution >= 0.6 is 0 Å². The van der Waals surface area contributed by atoms with Gasteiger partial charge in [-0.15, -0.1) is 0 Å². The predicted octanol–water partition coefficient (Wildman–Crippen LogP) is 3.24. The van der Waals surface area contributed by atoms with E-state index < -0.39 is 30.6 Å². The van der Waals surface area contributed by atoms with Crippen molar-refractivity contribution in [3.05, 3.63) is 11.9 Å². The summed E-state index contributed by atoms with van der Waals surface area (Å²) >= 11 is 0. The maximum absolute atomic E-state index is 12.2. The van der Waals surface area contributed by atoms with Crippen molar-refractivity contribution in [1.82, 2.24) is 0 Å². The third-order valence-electron chi connectivity index (χ3n) is 1.10. The molecule has 0 bridgehead atoms. The number of rotatable bonds is 3. The number of halogens is 8. The van der Waals surface area contributed by atoms with Crippen LogP contribution in [-0.2, 0) is 4.74 Å². The molecule has 0 aliphatic rings. The van der Waals surface area contributed by atoms with Gasteiger partial charge < -0.3 is 4.74 Å². The van der Waals surface area contributed by atoms with Gasteiger partial charge in [0.15, 0.2) is 6.67 Å². The minimum atomic E-state index is -5.35. The molecule has 0 amide bonds. The molecule has 0 saturated heterocycles. The van der Waals surface area contributed by atoms with Gasteiger partial charge in [-0.25, -0.2) is 4.39 Å². The van der Waals surface area contributed by atoms with E-state index in [-0.39, 0.29) is 0 Å². The van der Waals surface area contributed by atoms with Gasteiger partial charge in [0.25, 0.3) is 0 Å². The molecule has 0 aliphatic carbocycles. The van der Waals surface area contributed by atoms with E-state index in [2.05, 4.69) is 4.74 Å². The molecule has 0 rings (SSSR count). The molecule has 0 heterocycles. The lowest BCUT2D eigenvalue weighted by Gasteiger charge is -2.20. The molecule has 0 aromatic rings. The third-order valence-corrected chi connectivity index (χ3v) is 1.10. The van der Waals surface area contributed by atoms with Gasteiger partial charge in [-0.2, -0.15) is 30.7 Å². The summed E-state index contributed by atoms with van der Waals surface area (Å²) in [7, 11) is 0. The van der Waals surface area contributed by atoms with Gasteiger partial charge in [-0.1, -0.05) is 0 Å². The average molecular weight is 254 g/mol. The average Bonchev–Trinajstić information content (AvgIpc) is 2.16. The summed E-state index contributed by atoms with van der Waals surface area (Å²) in [5.74, 6) is -6.91.